The summed E-state index contributed by atoms with van der Waals surface area (Å²) in [7, 11) is 1.75. The summed E-state index contributed by atoms with van der Waals surface area (Å²) in [6, 6.07) is 16.5. The monoisotopic (exact) mass is 226 g/mol. The van der Waals surface area contributed by atoms with Crippen LogP contribution in [-0.4, -0.2) is 13.0 Å². The van der Waals surface area contributed by atoms with E-state index < -0.39 is 0 Å². The van der Waals surface area contributed by atoms with Crippen LogP contribution in [0.2, 0.25) is 0 Å². The molecular formula is C14H14N2O. The molecule has 0 spiro atoms. The number of rotatable bonds is 2. The Morgan fingerprint density at radius 2 is 1.76 bits per heavy atom. The molecule has 3 nitrogen and oxygen atoms in total. The van der Waals surface area contributed by atoms with Crippen LogP contribution in [0, 0.1) is 0 Å². The number of anilines is 2. The maximum absolute atomic E-state index is 12.2. The van der Waals surface area contributed by atoms with Crippen LogP contribution in [0.15, 0.2) is 54.6 Å². The van der Waals surface area contributed by atoms with Gasteiger partial charge in [-0.15, -0.1) is 0 Å². The molecule has 0 heterocycles. The minimum Gasteiger partial charge on any atom is -0.399 e. The Morgan fingerprint density at radius 1 is 1.06 bits per heavy atom. The molecule has 0 aliphatic heterocycles. The van der Waals surface area contributed by atoms with E-state index in [1.165, 1.54) is 0 Å². The summed E-state index contributed by atoms with van der Waals surface area (Å²) in [5.41, 5.74) is 7.71. The molecule has 86 valence electrons. The molecule has 2 rings (SSSR count). The van der Waals surface area contributed by atoms with Crippen molar-refractivity contribution in [2.45, 2.75) is 0 Å². The SMILES string of the molecule is CN(C(=O)c1cccc(N)c1)c1ccccc1. The van der Waals surface area contributed by atoms with Gasteiger partial charge in [0.15, 0.2) is 0 Å². The summed E-state index contributed by atoms with van der Waals surface area (Å²) in [5, 5.41) is 0. The average Bonchev–Trinajstić information content (AvgIpc) is 2.38. The average molecular weight is 226 g/mol. The fourth-order valence-electron chi connectivity index (χ4n) is 1.63. The summed E-state index contributed by atoms with van der Waals surface area (Å²) >= 11 is 0. The van der Waals surface area contributed by atoms with Crippen LogP contribution >= 0.6 is 0 Å². The predicted molar refractivity (Wildman–Crippen MR) is 70.0 cm³/mol. The third-order valence-corrected chi connectivity index (χ3v) is 2.58. The molecule has 0 aliphatic carbocycles. The molecule has 0 bridgehead atoms. The Balaban J connectivity index is 2.27. The minimum atomic E-state index is -0.0662. The smallest absolute Gasteiger partial charge is 0.258 e. The Kier molecular flexibility index (Phi) is 3.10. The first-order valence-corrected chi connectivity index (χ1v) is 5.37. The first kappa shape index (κ1) is 11.2. The molecule has 0 saturated carbocycles. The van der Waals surface area contributed by atoms with Crippen molar-refractivity contribution in [2.75, 3.05) is 17.7 Å². The van der Waals surface area contributed by atoms with E-state index in [0.717, 1.165) is 5.69 Å². The molecule has 0 saturated heterocycles. The van der Waals surface area contributed by atoms with Crippen LogP contribution in [0.3, 0.4) is 0 Å². The molecule has 2 aromatic carbocycles. The van der Waals surface area contributed by atoms with Gasteiger partial charge in [-0.1, -0.05) is 24.3 Å². The van der Waals surface area contributed by atoms with Crippen LogP contribution in [0.25, 0.3) is 0 Å². The third-order valence-electron chi connectivity index (χ3n) is 2.58. The zero-order chi connectivity index (χ0) is 12.3. The van der Waals surface area contributed by atoms with E-state index in [4.69, 9.17) is 5.73 Å². The van der Waals surface area contributed by atoms with E-state index in [1.807, 2.05) is 30.3 Å². The standard InChI is InChI=1S/C14H14N2O/c1-16(13-8-3-2-4-9-13)14(17)11-6-5-7-12(15)10-11/h2-10H,15H2,1H3. The topological polar surface area (TPSA) is 46.3 Å². The highest BCUT2D eigenvalue weighted by atomic mass is 16.2. The fraction of sp³-hybridized carbons (Fsp3) is 0.0714. The van der Waals surface area contributed by atoms with Crippen molar-refractivity contribution in [1.82, 2.24) is 0 Å². The Labute approximate surface area is 100 Å². The van der Waals surface area contributed by atoms with Gasteiger partial charge in [0.1, 0.15) is 0 Å². The number of carbonyl (C=O) groups is 1. The van der Waals surface area contributed by atoms with E-state index in [-0.39, 0.29) is 5.91 Å². The van der Waals surface area contributed by atoms with Crippen LogP contribution in [0.1, 0.15) is 10.4 Å². The summed E-state index contributed by atoms with van der Waals surface area (Å²) in [5.74, 6) is -0.0662. The van der Waals surface area contributed by atoms with Gasteiger partial charge in [-0.3, -0.25) is 4.79 Å². The second-order valence-corrected chi connectivity index (χ2v) is 3.83. The molecule has 17 heavy (non-hydrogen) atoms. The lowest BCUT2D eigenvalue weighted by Crippen LogP contribution is -2.26. The molecule has 0 atom stereocenters. The predicted octanol–water partition coefficient (Wildman–Crippen LogP) is 2.55. The van der Waals surface area contributed by atoms with Gasteiger partial charge in [-0.25, -0.2) is 0 Å². The maximum atomic E-state index is 12.2. The number of hydrogen-bond donors (Lipinski definition) is 1. The zero-order valence-corrected chi connectivity index (χ0v) is 9.63. The largest absolute Gasteiger partial charge is 0.399 e. The first-order valence-electron chi connectivity index (χ1n) is 5.37. The molecule has 0 aliphatic rings. The molecule has 0 radical (unpaired) electrons. The van der Waals surface area contributed by atoms with Gasteiger partial charge < -0.3 is 10.6 Å². The lowest BCUT2D eigenvalue weighted by atomic mass is 10.1. The highest BCUT2D eigenvalue weighted by molar-refractivity contribution is 6.06. The molecule has 0 fully saturated rings. The van der Waals surface area contributed by atoms with Crippen molar-refractivity contribution >= 4 is 17.3 Å². The van der Waals surface area contributed by atoms with Gasteiger partial charge in [0, 0.05) is 24.0 Å². The van der Waals surface area contributed by atoms with Crippen molar-refractivity contribution in [1.29, 1.82) is 0 Å². The summed E-state index contributed by atoms with van der Waals surface area (Å²) in [4.78, 5) is 13.8. The van der Waals surface area contributed by atoms with E-state index in [2.05, 4.69) is 0 Å². The lowest BCUT2D eigenvalue weighted by molar-refractivity contribution is 0.0993. The number of hydrogen-bond acceptors (Lipinski definition) is 2. The van der Waals surface area contributed by atoms with E-state index in [9.17, 15) is 4.79 Å². The van der Waals surface area contributed by atoms with E-state index in [1.54, 1.807) is 36.2 Å². The first-order chi connectivity index (χ1) is 8.18. The van der Waals surface area contributed by atoms with E-state index in [0.29, 0.717) is 11.3 Å². The molecule has 0 unspecified atom stereocenters. The molecule has 2 N–H and O–H groups in total. The van der Waals surface area contributed by atoms with Gasteiger partial charge in [-0.2, -0.15) is 0 Å². The van der Waals surface area contributed by atoms with Gasteiger partial charge in [0.25, 0.3) is 5.91 Å². The van der Waals surface area contributed by atoms with Gasteiger partial charge in [0.2, 0.25) is 0 Å². The number of carbonyl (C=O) groups excluding carboxylic acids is 1. The van der Waals surface area contributed by atoms with Crippen molar-refractivity contribution in [2.24, 2.45) is 0 Å². The van der Waals surface area contributed by atoms with Crippen molar-refractivity contribution in [3.8, 4) is 0 Å². The Morgan fingerprint density at radius 3 is 2.41 bits per heavy atom. The van der Waals surface area contributed by atoms with Crippen molar-refractivity contribution < 1.29 is 4.79 Å². The lowest BCUT2D eigenvalue weighted by Gasteiger charge is -2.17. The van der Waals surface area contributed by atoms with Crippen molar-refractivity contribution in [3.63, 3.8) is 0 Å². The highest BCUT2D eigenvalue weighted by Gasteiger charge is 2.12. The Bertz CT molecular complexity index is 523. The second-order valence-electron chi connectivity index (χ2n) is 3.83. The van der Waals surface area contributed by atoms with Crippen LogP contribution in [0.5, 0.6) is 0 Å². The maximum Gasteiger partial charge on any atom is 0.258 e. The molecule has 2 aromatic rings. The number of nitrogen functional groups attached to an aromatic ring is 1. The quantitative estimate of drug-likeness (QED) is 0.800. The number of para-hydroxylation sites is 1. The van der Waals surface area contributed by atoms with Crippen LogP contribution < -0.4 is 10.6 Å². The second kappa shape index (κ2) is 4.70. The number of benzene rings is 2. The van der Waals surface area contributed by atoms with Gasteiger partial charge in [0.05, 0.1) is 0 Å². The molecule has 1 amide bonds. The molecular weight excluding hydrogens is 212 g/mol. The summed E-state index contributed by atoms with van der Waals surface area (Å²) in [6.45, 7) is 0. The number of nitrogens with two attached hydrogens (primary N) is 1. The van der Waals surface area contributed by atoms with E-state index >= 15 is 0 Å². The Hall–Kier alpha value is -2.29. The normalized spacial score (nSPS) is 9.94. The van der Waals surface area contributed by atoms with Crippen LogP contribution in [-0.2, 0) is 0 Å². The molecule has 3 heteroatoms. The number of amides is 1. The number of nitrogens with zero attached hydrogens (tertiary/aromatic N) is 1. The fourth-order valence-corrected chi connectivity index (χ4v) is 1.63. The van der Waals surface area contributed by atoms with Gasteiger partial charge in [-0.05, 0) is 30.3 Å². The minimum absolute atomic E-state index is 0.0662. The highest BCUT2D eigenvalue weighted by Crippen LogP contribution is 2.15. The third kappa shape index (κ3) is 2.45. The van der Waals surface area contributed by atoms with Crippen molar-refractivity contribution in [3.05, 3.63) is 60.2 Å². The van der Waals surface area contributed by atoms with Gasteiger partial charge >= 0.3 is 0 Å². The summed E-state index contributed by atoms with van der Waals surface area (Å²) in [6.07, 6.45) is 0. The summed E-state index contributed by atoms with van der Waals surface area (Å²) < 4.78 is 0. The molecule has 0 aromatic heterocycles. The van der Waals surface area contributed by atoms with Crippen LogP contribution in [0.4, 0.5) is 11.4 Å². The zero-order valence-electron chi connectivity index (χ0n) is 9.63.